The minimum Gasteiger partial charge on any atom is -0.368 e. The van der Waals surface area contributed by atoms with Crippen molar-refractivity contribution < 1.29 is 14.5 Å². The molecule has 1 aromatic rings. The van der Waals surface area contributed by atoms with E-state index in [-0.39, 0.29) is 22.9 Å². The lowest BCUT2D eigenvalue weighted by atomic mass is 9.98. The van der Waals surface area contributed by atoms with Gasteiger partial charge in [0.05, 0.1) is 4.92 Å². The number of primary amides is 1. The summed E-state index contributed by atoms with van der Waals surface area (Å²) in [6.45, 7) is 3.72. The van der Waals surface area contributed by atoms with Crippen molar-refractivity contribution in [3.63, 3.8) is 0 Å². The molecular formula is C14H20N4O4. The van der Waals surface area contributed by atoms with Crippen LogP contribution in [-0.2, 0) is 4.79 Å². The Morgan fingerprint density at radius 1 is 1.41 bits per heavy atom. The third-order valence-electron chi connectivity index (χ3n) is 3.51. The molecule has 1 aromatic carbocycles. The van der Waals surface area contributed by atoms with Crippen molar-refractivity contribution in [3.05, 3.63) is 33.9 Å². The third-order valence-corrected chi connectivity index (χ3v) is 3.51. The van der Waals surface area contributed by atoms with E-state index in [4.69, 9.17) is 5.73 Å². The first-order valence-corrected chi connectivity index (χ1v) is 6.88. The molecule has 22 heavy (non-hydrogen) atoms. The second kappa shape index (κ2) is 7.39. The SMILES string of the molecule is CC[C@H](C)[C@H](Nc1ccc(C(=O)NC)cc1[N+](=O)[O-])C(N)=O. The number of carbonyl (C=O) groups is 2. The Bertz CT molecular complexity index is 588. The number of carbonyl (C=O) groups excluding carboxylic acids is 2. The van der Waals surface area contributed by atoms with Crippen LogP contribution in [0.2, 0.25) is 0 Å². The second-order valence-electron chi connectivity index (χ2n) is 4.98. The lowest BCUT2D eigenvalue weighted by Crippen LogP contribution is -2.40. The van der Waals surface area contributed by atoms with Crippen LogP contribution < -0.4 is 16.4 Å². The van der Waals surface area contributed by atoms with Crippen LogP contribution in [0.4, 0.5) is 11.4 Å². The Morgan fingerprint density at radius 3 is 2.50 bits per heavy atom. The fourth-order valence-corrected chi connectivity index (χ4v) is 1.99. The number of nitrogens with one attached hydrogen (secondary N) is 2. The van der Waals surface area contributed by atoms with Crippen LogP contribution in [0.5, 0.6) is 0 Å². The molecule has 120 valence electrons. The zero-order chi connectivity index (χ0) is 16.9. The molecule has 0 aliphatic carbocycles. The number of rotatable bonds is 7. The van der Waals surface area contributed by atoms with Crippen molar-refractivity contribution >= 4 is 23.2 Å². The largest absolute Gasteiger partial charge is 0.368 e. The Morgan fingerprint density at radius 2 is 2.05 bits per heavy atom. The molecule has 0 fully saturated rings. The highest BCUT2D eigenvalue weighted by molar-refractivity contribution is 5.95. The standard InChI is InChI=1S/C14H20N4O4/c1-4-8(2)12(13(15)19)17-10-6-5-9(14(20)16-3)7-11(10)18(21)22/h5-8,12,17H,4H2,1-3H3,(H2,15,19)(H,16,20)/t8-,12-/m0/s1. The molecule has 0 aliphatic heterocycles. The number of hydrogen-bond donors (Lipinski definition) is 3. The number of benzene rings is 1. The maximum Gasteiger partial charge on any atom is 0.293 e. The predicted octanol–water partition coefficient (Wildman–Crippen LogP) is 1.27. The fraction of sp³-hybridized carbons (Fsp3) is 0.429. The van der Waals surface area contributed by atoms with Gasteiger partial charge in [-0.3, -0.25) is 19.7 Å². The van der Waals surface area contributed by atoms with Crippen LogP contribution in [0.15, 0.2) is 18.2 Å². The molecule has 8 heteroatoms. The molecular weight excluding hydrogens is 288 g/mol. The first-order chi connectivity index (χ1) is 10.3. The van der Waals surface area contributed by atoms with Crippen molar-refractivity contribution in [2.45, 2.75) is 26.3 Å². The summed E-state index contributed by atoms with van der Waals surface area (Å²) >= 11 is 0. The molecule has 1 rings (SSSR count). The molecule has 4 N–H and O–H groups in total. The average Bonchev–Trinajstić information content (AvgIpc) is 2.50. The predicted molar refractivity (Wildman–Crippen MR) is 82.5 cm³/mol. The van der Waals surface area contributed by atoms with Crippen molar-refractivity contribution in [2.24, 2.45) is 11.7 Å². The van der Waals surface area contributed by atoms with E-state index in [9.17, 15) is 19.7 Å². The van der Waals surface area contributed by atoms with Gasteiger partial charge >= 0.3 is 0 Å². The van der Waals surface area contributed by atoms with Crippen LogP contribution in [-0.4, -0.2) is 29.8 Å². The summed E-state index contributed by atoms with van der Waals surface area (Å²) < 4.78 is 0. The first-order valence-electron chi connectivity index (χ1n) is 6.88. The van der Waals surface area contributed by atoms with Gasteiger partial charge < -0.3 is 16.4 Å². The molecule has 2 atom stereocenters. The minimum atomic E-state index is -0.727. The number of hydrogen-bond acceptors (Lipinski definition) is 5. The molecule has 0 aliphatic rings. The number of nitrogens with two attached hydrogens (primary N) is 1. The number of anilines is 1. The zero-order valence-corrected chi connectivity index (χ0v) is 12.8. The summed E-state index contributed by atoms with van der Waals surface area (Å²) in [6, 6.07) is 3.29. The lowest BCUT2D eigenvalue weighted by molar-refractivity contribution is -0.384. The topological polar surface area (TPSA) is 127 Å². The number of nitro benzene ring substituents is 1. The van der Waals surface area contributed by atoms with Crippen molar-refractivity contribution in [3.8, 4) is 0 Å². The molecule has 2 amide bonds. The Labute approximate surface area is 128 Å². The number of nitrogens with zero attached hydrogens (tertiary/aromatic N) is 1. The van der Waals surface area contributed by atoms with Crippen LogP contribution in [0.1, 0.15) is 30.6 Å². The van der Waals surface area contributed by atoms with E-state index in [2.05, 4.69) is 10.6 Å². The lowest BCUT2D eigenvalue weighted by Gasteiger charge is -2.22. The van der Waals surface area contributed by atoms with Crippen LogP contribution >= 0.6 is 0 Å². The van der Waals surface area contributed by atoms with Gasteiger partial charge in [-0.2, -0.15) is 0 Å². The van der Waals surface area contributed by atoms with Gasteiger partial charge in [-0.15, -0.1) is 0 Å². The maximum absolute atomic E-state index is 11.6. The van der Waals surface area contributed by atoms with E-state index in [0.29, 0.717) is 6.42 Å². The highest BCUT2D eigenvalue weighted by Crippen LogP contribution is 2.27. The smallest absolute Gasteiger partial charge is 0.293 e. The average molecular weight is 308 g/mol. The molecule has 0 bridgehead atoms. The van der Waals surface area contributed by atoms with E-state index in [1.165, 1.54) is 19.2 Å². The summed E-state index contributed by atoms with van der Waals surface area (Å²) in [4.78, 5) is 33.7. The summed E-state index contributed by atoms with van der Waals surface area (Å²) in [6.07, 6.45) is 0.685. The van der Waals surface area contributed by atoms with E-state index >= 15 is 0 Å². The van der Waals surface area contributed by atoms with Crippen LogP contribution in [0, 0.1) is 16.0 Å². The normalized spacial score (nSPS) is 13.0. The maximum atomic E-state index is 11.6. The molecule has 0 spiro atoms. The molecule has 0 radical (unpaired) electrons. The van der Waals surface area contributed by atoms with Gasteiger partial charge in [0.25, 0.3) is 11.6 Å². The molecule has 0 aromatic heterocycles. The monoisotopic (exact) mass is 308 g/mol. The second-order valence-corrected chi connectivity index (χ2v) is 4.98. The van der Waals surface area contributed by atoms with Gasteiger partial charge in [0, 0.05) is 18.7 Å². The first kappa shape index (κ1) is 17.4. The van der Waals surface area contributed by atoms with E-state index in [0.717, 1.165) is 6.07 Å². The molecule has 0 saturated heterocycles. The van der Waals surface area contributed by atoms with Gasteiger partial charge in [0.1, 0.15) is 11.7 Å². The van der Waals surface area contributed by atoms with Crippen LogP contribution in [0.3, 0.4) is 0 Å². The van der Waals surface area contributed by atoms with Gasteiger partial charge in [-0.25, -0.2) is 0 Å². The summed E-state index contributed by atoms with van der Waals surface area (Å²) in [5.74, 6) is -1.10. The van der Waals surface area contributed by atoms with Crippen LogP contribution in [0.25, 0.3) is 0 Å². The third kappa shape index (κ3) is 3.94. The summed E-state index contributed by atoms with van der Waals surface area (Å²) in [7, 11) is 1.44. The van der Waals surface area contributed by atoms with Gasteiger partial charge in [0.2, 0.25) is 5.91 Å². The summed E-state index contributed by atoms with van der Waals surface area (Å²) in [5, 5.41) is 16.4. The highest BCUT2D eigenvalue weighted by Gasteiger charge is 2.25. The summed E-state index contributed by atoms with van der Waals surface area (Å²) in [5.41, 5.74) is 5.39. The minimum absolute atomic E-state index is 0.0873. The Hall–Kier alpha value is -2.64. The van der Waals surface area contributed by atoms with Gasteiger partial charge in [-0.05, 0) is 18.1 Å². The van der Waals surface area contributed by atoms with Gasteiger partial charge in [0.15, 0.2) is 0 Å². The molecule has 0 saturated carbocycles. The van der Waals surface area contributed by atoms with E-state index in [1.807, 2.05) is 13.8 Å². The van der Waals surface area contributed by atoms with E-state index in [1.54, 1.807) is 0 Å². The molecule has 8 nitrogen and oxygen atoms in total. The molecule has 0 unspecified atom stereocenters. The van der Waals surface area contributed by atoms with Crippen molar-refractivity contribution in [1.29, 1.82) is 0 Å². The van der Waals surface area contributed by atoms with Crippen molar-refractivity contribution in [2.75, 3.05) is 12.4 Å². The number of amides is 2. The Balaban J connectivity index is 3.20. The fourth-order valence-electron chi connectivity index (χ4n) is 1.99. The number of nitro groups is 1. The van der Waals surface area contributed by atoms with E-state index < -0.39 is 22.8 Å². The Kier molecular flexibility index (Phi) is 5.85. The van der Waals surface area contributed by atoms with Crippen molar-refractivity contribution in [1.82, 2.24) is 5.32 Å². The highest BCUT2D eigenvalue weighted by atomic mass is 16.6. The molecule has 0 heterocycles. The van der Waals surface area contributed by atoms with Gasteiger partial charge in [-0.1, -0.05) is 20.3 Å². The zero-order valence-electron chi connectivity index (χ0n) is 12.8. The quantitative estimate of drug-likeness (QED) is 0.516.